The van der Waals surface area contributed by atoms with Gasteiger partial charge in [-0.3, -0.25) is 0 Å². The summed E-state index contributed by atoms with van der Waals surface area (Å²) in [7, 11) is 0. The predicted octanol–water partition coefficient (Wildman–Crippen LogP) is 17.5. The van der Waals surface area contributed by atoms with Gasteiger partial charge in [-0.25, -0.2) is 0 Å². The fourth-order valence-corrected chi connectivity index (χ4v) is 9.82. The topological polar surface area (TPSA) is 0 Å². The van der Waals surface area contributed by atoms with Crippen molar-refractivity contribution in [1.29, 1.82) is 0 Å². The van der Waals surface area contributed by atoms with Gasteiger partial charge in [0.05, 0.1) is 0 Å². The third-order valence-electron chi connectivity index (χ3n) is 12.9. The largest absolute Gasteiger partial charge is 0.0616 e. The molecule has 0 aliphatic heterocycles. The Morgan fingerprint density at radius 3 is 0.694 bits per heavy atom. The molecule has 0 unspecified atom stereocenters. The van der Waals surface area contributed by atoms with Gasteiger partial charge in [-0.1, -0.05) is 218 Å². The Balaban J connectivity index is 1.12. The second kappa shape index (κ2) is 14.9. The zero-order chi connectivity index (χ0) is 41.0. The van der Waals surface area contributed by atoms with Crippen molar-refractivity contribution in [1.82, 2.24) is 0 Å². The van der Waals surface area contributed by atoms with Gasteiger partial charge in [-0.2, -0.15) is 0 Å². The zero-order valence-corrected chi connectivity index (χ0v) is 34.1. The van der Waals surface area contributed by atoms with E-state index >= 15 is 0 Å². The van der Waals surface area contributed by atoms with Crippen LogP contribution in [-0.4, -0.2) is 0 Å². The lowest BCUT2D eigenvalue weighted by atomic mass is 9.85. The van der Waals surface area contributed by atoms with Gasteiger partial charge in [0.25, 0.3) is 0 Å². The molecular weight excluding hydrogens is 745 g/mol. The van der Waals surface area contributed by atoms with Crippen LogP contribution in [0.1, 0.15) is 0 Å². The molecule has 0 fully saturated rings. The van der Waals surface area contributed by atoms with Crippen molar-refractivity contribution >= 4 is 53.9 Å². The molecule has 0 N–H and O–H groups in total. The lowest BCUT2D eigenvalue weighted by Gasteiger charge is -2.19. The molecule has 12 aromatic carbocycles. The first-order valence-electron chi connectivity index (χ1n) is 21.5. The standard InChI is InChI=1S/C62H40/c1-5-21-51-41(13-1)17-9-25-55(51)45-29-33-47(34-30-45)59-37-49(57-27-11-19-43-15-3-7-23-53(43)57)40-62-60(38-50(39-61(59)62)58-28-12-20-44-16-4-8-24-54(44)58)48-35-31-46(32-36-48)56-26-10-18-42-14-2-6-22-52(42)56/h1-40H. The first kappa shape index (κ1) is 35.8. The van der Waals surface area contributed by atoms with Crippen LogP contribution in [0.15, 0.2) is 243 Å². The van der Waals surface area contributed by atoms with E-state index in [9.17, 15) is 0 Å². The maximum atomic E-state index is 2.44. The maximum Gasteiger partial charge on any atom is -0.00926 e. The van der Waals surface area contributed by atoms with E-state index in [1.165, 1.54) is 121 Å². The third kappa shape index (κ3) is 6.16. The second-order valence-corrected chi connectivity index (χ2v) is 16.4. The molecule has 0 amide bonds. The first-order valence-corrected chi connectivity index (χ1v) is 21.5. The van der Waals surface area contributed by atoms with Crippen molar-refractivity contribution in [2.45, 2.75) is 0 Å². The zero-order valence-electron chi connectivity index (χ0n) is 34.1. The summed E-state index contributed by atoms with van der Waals surface area (Å²) in [5, 5.41) is 12.5. The van der Waals surface area contributed by atoms with Crippen LogP contribution in [0.3, 0.4) is 0 Å². The number of fused-ring (bicyclic) bond motifs is 5. The summed E-state index contributed by atoms with van der Waals surface area (Å²) in [6, 6.07) is 89.6. The average molecular weight is 785 g/mol. The van der Waals surface area contributed by atoms with E-state index in [4.69, 9.17) is 0 Å². The van der Waals surface area contributed by atoms with E-state index < -0.39 is 0 Å². The summed E-state index contributed by atoms with van der Waals surface area (Å²) < 4.78 is 0. The van der Waals surface area contributed by atoms with Crippen LogP contribution in [0.5, 0.6) is 0 Å². The SMILES string of the molecule is c1ccc2c(-c3ccc(-c4cc(-c5cccc6ccccc56)cc5c(-c6ccc(-c7cccc8ccccc78)cc6)cc(-c6cccc7ccccc67)cc45)cc3)cccc2c1. The van der Waals surface area contributed by atoms with Gasteiger partial charge in [0, 0.05) is 0 Å². The van der Waals surface area contributed by atoms with Crippen molar-refractivity contribution < 1.29 is 0 Å². The van der Waals surface area contributed by atoms with Crippen molar-refractivity contribution in [2.24, 2.45) is 0 Å². The summed E-state index contributed by atoms with van der Waals surface area (Å²) in [4.78, 5) is 0. The Kier molecular flexibility index (Phi) is 8.61. The minimum Gasteiger partial charge on any atom is -0.0616 e. The average Bonchev–Trinajstić information content (AvgIpc) is 3.35. The highest BCUT2D eigenvalue weighted by Crippen LogP contribution is 2.45. The molecule has 0 radical (unpaired) electrons. The smallest absolute Gasteiger partial charge is 0.00926 e. The van der Waals surface area contributed by atoms with Crippen LogP contribution in [0, 0.1) is 0 Å². The van der Waals surface area contributed by atoms with Crippen LogP contribution in [-0.2, 0) is 0 Å². The fraction of sp³-hybridized carbons (Fsp3) is 0. The molecule has 0 atom stereocenters. The molecule has 0 nitrogen and oxygen atoms in total. The van der Waals surface area contributed by atoms with Crippen molar-refractivity contribution in [3.63, 3.8) is 0 Å². The normalized spacial score (nSPS) is 11.5. The highest BCUT2D eigenvalue weighted by atomic mass is 14.2. The van der Waals surface area contributed by atoms with E-state index in [0.717, 1.165) is 0 Å². The summed E-state index contributed by atoms with van der Waals surface area (Å²) in [5.74, 6) is 0. The number of hydrogen-bond donors (Lipinski definition) is 0. The van der Waals surface area contributed by atoms with Gasteiger partial charge >= 0.3 is 0 Å². The molecule has 0 aliphatic rings. The molecule has 0 saturated heterocycles. The Morgan fingerprint density at radius 2 is 0.387 bits per heavy atom. The number of hydrogen-bond acceptors (Lipinski definition) is 0. The Hall–Kier alpha value is -8.06. The Morgan fingerprint density at radius 1 is 0.145 bits per heavy atom. The van der Waals surface area contributed by atoms with E-state index in [2.05, 4.69) is 243 Å². The van der Waals surface area contributed by atoms with E-state index in [-0.39, 0.29) is 0 Å². The Bertz CT molecular complexity index is 3400. The van der Waals surface area contributed by atoms with Gasteiger partial charge in [-0.05, 0) is 145 Å². The maximum absolute atomic E-state index is 2.44. The fourth-order valence-electron chi connectivity index (χ4n) is 9.82. The van der Waals surface area contributed by atoms with Gasteiger partial charge in [-0.15, -0.1) is 0 Å². The monoisotopic (exact) mass is 784 g/mol. The molecule has 0 saturated carbocycles. The molecule has 288 valence electrons. The highest BCUT2D eigenvalue weighted by molar-refractivity contribution is 6.12. The third-order valence-corrected chi connectivity index (χ3v) is 12.9. The molecule has 0 aromatic heterocycles. The summed E-state index contributed by atoms with van der Waals surface area (Å²) in [6.45, 7) is 0. The van der Waals surface area contributed by atoms with Crippen molar-refractivity contribution in [3.05, 3.63) is 243 Å². The highest BCUT2D eigenvalue weighted by Gasteiger charge is 2.18. The molecule has 0 spiro atoms. The van der Waals surface area contributed by atoms with Crippen LogP contribution >= 0.6 is 0 Å². The molecule has 12 aromatic rings. The minimum atomic E-state index is 1.19. The predicted molar refractivity (Wildman–Crippen MR) is 267 cm³/mol. The molecule has 0 aliphatic carbocycles. The van der Waals surface area contributed by atoms with Crippen LogP contribution in [0.2, 0.25) is 0 Å². The van der Waals surface area contributed by atoms with Gasteiger partial charge in [0.1, 0.15) is 0 Å². The molecule has 62 heavy (non-hydrogen) atoms. The summed E-state index contributed by atoms with van der Waals surface area (Å²) in [5.41, 5.74) is 14.6. The summed E-state index contributed by atoms with van der Waals surface area (Å²) >= 11 is 0. The molecule has 12 rings (SSSR count). The van der Waals surface area contributed by atoms with Gasteiger partial charge in [0.15, 0.2) is 0 Å². The van der Waals surface area contributed by atoms with Gasteiger partial charge in [0.2, 0.25) is 0 Å². The van der Waals surface area contributed by atoms with Crippen molar-refractivity contribution in [3.8, 4) is 66.8 Å². The number of rotatable bonds is 6. The van der Waals surface area contributed by atoms with Crippen LogP contribution < -0.4 is 0 Å². The summed E-state index contributed by atoms with van der Waals surface area (Å²) in [6.07, 6.45) is 0. The molecule has 0 heterocycles. The molecule has 0 heteroatoms. The quantitative estimate of drug-likeness (QED) is 0.158. The lowest BCUT2D eigenvalue weighted by Crippen LogP contribution is -1.92. The lowest BCUT2D eigenvalue weighted by molar-refractivity contribution is 1.60. The molecule has 0 bridgehead atoms. The van der Waals surface area contributed by atoms with Crippen molar-refractivity contribution in [2.75, 3.05) is 0 Å². The van der Waals surface area contributed by atoms with E-state index in [1.807, 2.05) is 0 Å². The molecular formula is C62H40. The van der Waals surface area contributed by atoms with E-state index in [0.29, 0.717) is 0 Å². The van der Waals surface area contributed by atoms with Gasteiger partial charge < -0.3 is 0 Å². The van der Waals surface area contributed by atoms with Crippen LogP contribution in [0.4, 0.5) is 0 Å². The Labute approximate surface area is 361 Å². The first-order chi connectivity index (χ1) is 30.7. The van der Waals surface area contributed by atoms with Crippen LogP contribution in [0.25, 0.3) is 121 Å². The minimum absolute atomic E-state index is 1.19. The number of benzene rings is 12. The second-order valence-electron chi connectivity index (χ2n) is 16.4. The van der Waals surface area contributed by atoms with E-state index in [1.54, 1.807) is 0 Å².